The molecule has 0 fully saturated rings. The summed E-state index contributed by atoms with van der Waals surface area (Å²) in [6.07, 6.45) is -0.263. The Kier molecular flexibility index (Phi) is 21.9. The van der Waals surface area contributed by atoms with Crippen LogP contribution in [0.3, 0.4) is 0 Å². The van der Waals surface area contributed by atoms with E-state index in [9.17, 15) is 9.59 Å². The number of rotatable bonds is 4. The molecular formula is C7H14O6Y. The third-order valence-electron chi connectivity index (χ3n) is 0.748. The van der Waals surface area contributed by atoms with Crippen molar-refractivity contribution >= 4 is 11.8 Å². The van der Waals surface area contributed by atoms with Gasteiger partial charge in [0.2, 0.25) is 0 Å². The maximum atomic E-state index is 10.3. The molecule has 0 aliphatic carbocycles. The van der Waals surface area contributed by atoms with Crippen molar-refractivity contribution in [2.24, 2.45) is 0 Å². The smallest absolute Gasteiger partial charge is 0.315 e. The van der Waals surface area contributed by atoms with Gasteiger partial charge in [0.25, 0.3) is 0 Å². The van der Waals surface area contributed by atoms with Crippen molar-refractivity contribution in [2.75, 3.05) is 20.7 Å². The summed E-state index contributed by atoms with van der Waals surface area (Å²) in [7, 11) is 1.43. The van der Waals surface area contributed by atoms with E-state index in [1.165, 1.54) is 14.0 Å². The minimum atomic E-state index is -0.690. The molecular weight excluding hydrogens is 269 g/mol. The van der Waals surface area contributed by atoms with Gasteiger partial charge in [-0.05, 0) is 6.92 Å². The van der Waals surface area contributed by atoms with E-state index in [0.717, 1.165) is 0 Å². The number of aliphatic hydroxyl groups is 2. The number of Topliss-reactive ketones (excluding diaryl/α,β-unsaturated/α-hetero) is 1. The summed E-state index contributed by atoms with van der Waals surface area (Å²) in [6.45, 7) is 0.435. The van der Waals surface area contributed by atoms with Crippen molar-refractivity contribution in [1.82, 2.24) is 0 Å². The topological polar surface area (TPSA) is 93.1 Å². The molecule has 0 amide bonds. The molecule has 0 rings (SSSR count). The number of carbonyl (C=O) groups is 2. The Hall–Kier alpha value is 0.124. The predicted molar refractivity (Wildman–Crippen MR) is 42.6 cm³/mol. The molecule has 0 unspecified atom stereocenters. The molecule has 14 heavy (non-hydrogen) atoms. The van der Waals surface area contributed by atoms with Crippen LogP contribution in [0.1, 0.15) is 13.3 Å². The molecule has 0 spiro atoms. The van der Waals surface area contributed by atoms with Gasteiger partial charge in [-0.15, -0.1) is 0 Å². The van der Waals surface area contributed by atoms with Crippen LogP contribution < -0.4 is 0 Å². The Balaban J connectivity index is -0.000000209. The SMILES string of the molecule is CC(=O)CC(=O)OCO.COCO.[Y]. The van der Waals surface area contributed by atoms with E-state index in [0.29, 0.717) is 0 Å². The van der Waals surface area contributed by atoms with Gasteiger partial charge in [0.15, 0.2) is 6.79 Å². The van der Waals surface area contributed by atoms with E-state index in [2.05, 4.69) is 9.47 Å². The number of hydrogen-bond acceptors (Lipinski definition) is 6. The van der Waals surface area contributed by atoms with Crippen LogP contribution in [0.5, 0.6) is 0 Å². The fourth-order valence-electron chi connectivity index (χ4n) is 0.326. The van der Waals surface area contributed by atoms with Crippen LogP contribution in [-0.2, 0) is 51.8 Å². The van der Waals surface area contributed by atoms with Crippen molar-refractivity contribution in [1.29, 1.82) is 0 Å². The Morgan fingerprint density at radius 3 is 1.86 bits per heavy atom. The Labute approximate surface area is 107 Å². The Morgan fingerprint density at radius 2 is 1.64 bits per heavy atom. The number of ketones is 1. The van der Waals surface area contributed by atoms with Crippen LogP contribution in [-0.4, -0.2) is 42.7 Å². The molecule has 0 heterocycles. The van der Waals surface area contributed by atoms with Gasteiger partial charge in [-0.2, -0.15) is 0 Å². The summed E-state index contributed by atoms with van der Waals surface area (Å²) in [5.74, 6) is -0.960. The van der Waals surface area contributed by atoms with E-state index in [-0.39, 0.29) is 51.7 Å². The van der Waals surface area contributed by atoms with Gasteiger partial charge in [0.05, 0.1) is 0 Å². The molecule has 0 bridgehead atoms. The maximum absolute atomic E-state index is 10.3. The van der Waals surface area contributed by atoms with E-state index >= 15 is 0 Å². The van der Waals surface area contributed by atoms with Crippen LogP contribution in [0.4, 0.5) is 0 Å². The van der Waals surface area contributed by atoms with Gasteiger partial charge >= 0.3 is 5.97 Å². The number of ether oxygens (including phenoxy) is 2. The van der Waals surface area contributed by atoms with Gasteiger partial charge in [-0.25, -0.2) is 0 Å². The molecule has 0 aromatic carbocycles. The molecule has 81 valence electrons. The van der Waals surface area contributed by atoms with Crippen LogP contribution in [0.15, 0.2) is 0 Å². The third-order valence-corrected chi connectivity index (χ3v) is 0.748. The van der Waals surface area contributed by atoms with Crippen molar-refractivity contribution in [3.63, 3.8) is 0 Å². The first-order valence-corrected chi connectivity index (χ1v) is 3.44. The summed E-state index contributed by atoms with van der Waals surface area (Å²) < 4.78 is 8.15. The van der Waals surface area contributed by atoms with Crippen molar-refractivity contribution < 1.29 is 62.0 Å². The first kappa shape index (κ1) is 19.7. The Bertz CT molecular complexity index is 147. The van der Waals surface area contributed by atoms with Gasteiger partial charge in [0.1, 0.15) is 19.0 Å². The zero-order valence-electron chi connectivity index (χ0n) is 8.23. The Morgan fingerprint density at radius 1 is 1.21 bits per heavy atom. The second-order valence-electron chi connectivity index (χ2n) is 1.94. The number of esters is 1. The van der Waals surface area contributed by atoms with Gasteiger partial charge in [-0.3, -0.25) is 9.59 Å². The van der Waals surface area contributed by atoms with Gasteiger partial charge in [-0.1, -0.05) is 0 Å². The summed E-state index contributed by atoms with van der Waals surface area (Å²) in [5.41, 5.74) is 0. The van der Waals surface area contributed by atoms with Gasteiger partial charge in [0, 0.05) is 39.8 Å². The van der Waals surface area contributed by atoms with Crippen LogP contribution in [0.2, 0.25) is 0 Å². The summed E-state index contributed by atoms with van der Waals surface area (Å²) in [5, 5.41) is 15.6. The van der Waals surface area contributed by atoms with Crippen molar-refractivity contribution in [2.45, 2.75) is 13.3 Å². The summed E-state index contributed by atoms with van der Waals surface area (Å²) in [4.78, 5) is 20.4. The first-order valence-electron chi connectivity index (χ1n) is 3.44. The van der Waals surface area contributed by atoms with Gasteiger partial charge < -0.3 is 19.7 Å². The molecule has 0 atom stereocenters. The predicted octanol–water partition coefficient (Wildman–Crippen LogP) is -0.961. The second-order valence-corrected chi connectivity index (χ2v) is 1.94. The van der Waals surface area contributed by atoms with Crippen molar-refractivity contribution in [3.8, 4) is 0 Å². The molecule has 0 aliphatic heterocycles. The minimum absolute atomic E-state index is 0. The van der Waals surface area contributed by atoms with Crippen LogP contribution in [0.25, 0.3) is 0 Å². The summed E-state index contributed by atoms with van der Waals surface area (Å²) >= 11 is 0. The average molecular weight is 283 g/mol. The second kappa shape index (κ2) is 15.6. The standard InChI is InChI=1S/C5H8O4.C2H6O2.Y/c1-4(7)2-5(8)9-3-6;1-4-2-3;/h6H,2-3H2,1H3;3H,2H2,1H3;. The minimum Gasteiger partial charge on any atom is -0.438 e. The largest absolute Gasteiger partial charge is 0.438 e. The quantitative estimate of drug-likeness (QED) is 0.392. The maximum Gasteiger partial charge on any atom is 0.315 e. The first-order chi connectivity index (χ1) is 6.08. The third kappa shape index (κ3) is 22.7. The molecule has 1 radical (unpaired) electrons. The molecule has 0 saturated heterocycles. The fraction of sp³-hybridized carbons (Fsp3) is 0.714. The molecule has 6 nitrogen and oxygen atoms in total. The molecule has 0 aromatic rings. The van der Waals surface area contributed by atoms with E-state index in [1.807, 2.05) is 0 Å². The molecule has 2 N–H and O–H groups in total. The van der Waals surface area contributed by atoms with Crippen molar-refractivity contribution in [3.05, 3.63) is 0 Å². The fourth-order valence-corrected chi connectivity index (χ4v) is 0.326. The summed E-state index contributed by atoms with van der Waals surface area (Å²) in [6, 6.07) is 0. The zero-order chi connectivity index (χ0) is 10.7. The zero-order valence-corrected chi connectivity index (χ0v) is 11.1. The molecule has 7 heteroatoms. The molecule has 0 aromatic heterocycles. The monoisotopic (exact) mass is 283 g/mol. The van der Waals surface area contributed by atoms with Crippen LogP contribution in [0, 0.1) is 0 Å². The average Bonchev–Trinajstić information content (AvgIpc) is 2.04. The van der Waals surface area contributed by atoms with Crippen LogP contribution >= 0.6 is 0 Å². The van der Waals surface area contributed by atoms with E-state index < -0.39 is 12.8 Å². The number of methoxy groups -OCH3 is 1. The number of hydrogen-bond donors (Lipinski definition) is 2. The van der Waals surface area contributed by atoms with E-state index in [1.54, 1.807) is 0 Å². The number of aliphatic hydroxyl groups excluding tert-OH is 2. The molecule has 0 saturated carbocycles. The molecule has 0 aliphatic rings. The number of carbonyl (C=O) groups excluding carboxylic acids is 2. The van der Waals surface area contributed by atoms with E-state index in [4.69, 9.17) is 10.2 Å². The normalized spacial score (nSPS) is 7.71.